The van der Waals surface area contributed by atoms with Crippen molar-refractivity contribution in [2.75, 3.05) is 5.32 Å². The molecule has 4 aromatic rings. The van der Waals surface area contributed by atoms with Crippen LogP contribution in [0.15, 0.2) is 78.0 Å². The van der Waals surface area contributed by atoms with Gasteiger partial charge in [-0.1, -0.05) is 24.3 Å². The second-order valence-electron chi connectivity index (χ2n) is 6.95. The van der Waals surface area contributed by atoms with E-state index in [-0.39, 0.29) is 16.8 Å². The number of nitrogens with one attached hydrogen (secondary N) is 1. The van der Waals surface area contributed by atoms with Gasteiger partial charge in [0, 0.05) is 42.3 Å². The van der Waals surface area contributed by atoms with E-state index in [2.05, 4.69) is 10.3 Å². The van der Waals surface area contributed by atoms with Gasteiger partial charge in [0.15, 0.2) is 0 Å². The molecular formula is C23H16F3N3O2. The zero-order chi connectivity index (χ0) is 22.2. The second kappa shape index (κ2) is 7.71. The number of para-hydroxylation sites is 1. The number of halogens is 3. The topological polar surface area (TPSA) is 64.0 Å². The Bertz CT molecular complexity index is 1350. The van der Waals surface area contributed by atoms with Crippen molar-refractivity contribution in [2.24, 2.45) is 7.05 Å². The maximum Gasteiger partial charge on any atom is 0.417 e. The molecule has 0 aliphatic carbocycles. The minimum atomic E-state index is -4.65. The Hall–Kier alpha value is -3.94. The lowest BCUT2D eigenvalue weighted by Gasteiger charge is -2.15. The molecule has 0 aliphatic heterocycles. The van der Waals surface area contributed by atoms with Crippen molar-refractivity contribution in [1.82, 2.24) is 9.55 Å². The molecule has 0 aliphatic rings. The fourth-order valence-electron chi connectivity index (χ4n) is 3.43. The molecule has 4 rings (SSSR count). The molecule has 1 N–H and O–H groups in total. The van der Waals surface area contributed by atoms with Gasteiger partial charge in [-0.3, -0.25) is 14.6 Å². The van der Waals surface area contributed by atoms with E-state index in [0.29, 0.717) is 16.5 Å². The molecule has 0 saturated carbocycles. The van der Waals surface area contributed by atoms with Gasteiger partial charge in [0.25, 0.3) is 5.91 Å². The van der Waals surface area contributed by atoms with Gasteiger partial charge in [-0.25, -0.2) is 0 Å². The first-order chi connectivity index (χ1) is 14.8. The number of carbonyl (C=O) groups is 1. The number of rotatable bonds is 3. The van der Waals surface area contributed by atoms with E-state index < -0.39 is 23.1 Å². The standard InChI is InChI=1S/C23H16F3N3O2/c1-29-13-18(21(30)17-6-2-3-7-20(17)29)22(31)28-15-8-9-16(14-5-4-10-27-12-14)19(11-15)23(24,25)26/h2-13H,1H3,(H,28,31). The van der Waals surface area contributed by atoms with E-state index in [9.17, 15) is 22.8 Å². The molecule has 8 heteroatoms. The largest absolute Gasteiger partial charge is 0.417 e. The zero-order valence-corrected chi connectivity index (χ0v) is 16.3. The number of amides is 1. The lowest BCUT2D eigenvalue weighted by atomic mass is 10.00. The molecule has 5 nitrogen and oxygen atoms in total. The predicted molar refractivity (Wildman–Crippen MR) is 112 cm³/mol. The lowest BCUT2D eigenvalue weighted by Crippen LogP contribution is -2.23. The van der Waals surface area contributed by atoms with Crippen molar-refractivity contribution in [2.45, 2.75) is 6.18 Å². The molecule has 2 heterocycles. The molecule has 31 heavy (non-hydrogen) atoms. The normalized spacial score (nSPS) is 11.5. The summed E-state index contributed by atoms with van der Waals surface area (Å²) in [5.41, 5.74) is -0.745. The van der Waals surface area contributed by atoms with Crippen LogP contribution in [0.2, 0.25) is 0 Å². The Kier molecular flexibility index (Phi) is 5.06. The third-order valence-electron chi connectivity index (χ3n) is 4.90. The number of hydrogen-bond donors (Lipinski definition) is 1. The summed E-state index contributed by atoms with van der Waals surface area (Å²) in [7, 11) is 1.68. The number of nitrogens with zero attached hydrogens (tertiary/aromatic N) is 2. The molecule has 0 unspecified atom stereocenters. The monoisotopic (exact) mass is 423 g/mol. The average Bonchev–Trinajstić information content (AvgIpc) is 2.76. The van der Waals surface area contributed by atoms with Crippen LogP contribution in [0.1, 0.15) is 15.9 Å². The highest BCUT2D eigenvalue weighted by atomic mass is 19.4. The van der Waals surface area contributed by atoms with E-state index in [1.807, 2.05) is 0 Å². The lowest BCUT2D eigenvalue weighted by molar-refractivity contribution is -0.137. The van der Waals surface area contributed by atoms with Gasteiger partial charge in [-0.05, 0) is 35.9 Å². The minimum absolute atomic E-state index is 0.0554. The summed E-state index contributed by atoms with van der Waals surface area (Å²) in [6.45, 7) is 0. The van der Waals surface area contributed by atoms with E-state index in [0.717, 1.165) is 6.07 Å². The van der Waals surface area contributed by atoms with Gasteiger partial charge >= 0.3 is 6.18 Å². The molecule has 0 bridgehead atoms. The number of anilines is 1. The quantitative estimate of drug-likeness (QED) is 0.511. The molecule has 0 fully saturated rings. The molecule has 2 aromatic carbocycles. The van der Waals surface area contributed by atoms with Crippen LogP contribution in [0.3, 0.4) is 0 Å². The van der Waals surface area contributed by atoms with Gasteiger partial charge in [-0.15, -0.1) is 0 Å². The van der Waals surface area contributed by atoms with Gasteiger partial charge in [-0.2, -0.15) is 13.2 Å². The van der Waals surface area contributed by atoms with Gasteiger partial charge < -0.3 is 9.88 Å². The Labute approximate surface area is 174 Å². The van der Waals surface area contributed by atoms with Crippen molar-refractivity contribution < 1.29 is 18.0 Å². The fourth-order valence-corrected chi connectivity index (χ4v) is 3.43. The van der Waals surface area contributed by atoms with Crippen molar-refractivity contribution in [1.29, 1.82) is 0 Å². The van der Waals surface area contributed by atoms with Gasteiger partial charge in [0.05, 0.1) is 11.1 Å². The number of aryl methyl sites for hydroxylation is 1. The number of alkyl halides is 3. The van der Waals surface area contributed by atoms with Crippen LogP contribution in [-0.4, -0.2) is 15.5 Å². The van der Waals surface area contributed by atoms with E-state index >= 15 is 0 Å². The summed E-state index contributed by atoms with van der Waals surface area (Å²) in [5.74, 6) is -0.784. The highest BCUT2D eigenvalue weighted by Crippen LogP contribution is 2.38. The maximum atomic E-state index is 13.7. The van der Waals surface area contributed by atoms with Gasteiger partial charge in [0.1, 0.15) is 5.56 Å². The summed E-state index contributed by atoms with van der Waals surface area (Å²) in [6, 6.07) is 13.3. The number of benzene rings is 2. The third kappa shape index (κ3) is 3.92. The molecule has 156 valence electrons. The van der Waals surface area contributed by atoms with Crippen LogP contribution in [0.4, 0.5) is 18.9 Å². The van der Waals surface area contributed by atoms with Crippen LogP contribution in [-0.2, 0) is 13.2 Å². The summed E-state index contributed by atoms with van der Waals surface area (Å²) in [4.78, 5) is 29.3. The molecule has 0 atom stereocenters. The number of fused-ring (bicyclic) bond motifs is 1. The first-order valence-electron chi connectivity index (χ1n) is 9.27. The first-order valence-corrected chi connectivity index (χ1v) is 9.27. The summed E-state index contributed by atoms with van der Waals surface area (Å²) < 4.78 is 42.7. The highest BCUT2D eigenvalue weighted by Gasteiger charge is 2.34. The SMILES string of the molecule is Cn1cc(C(=O)Nc2ccc(-c3cccnc3)c(C(F)(F)F)c2)c(=O)c2ccccc21. The average molecular weight is 423 g/mol. The molecule has 0 spiro atoms. The summed E-state index contributed by atoms with van der Waals surface area (Å²) >= 11 is 0. The number of carbonyl (C=O) groups excluding carboxylic acids is 1. The van der Waals surface area contributed by atoms with Crippen molar-refractivity contribution in [3.05, 3.63) is 94.5 Å². The van der Waals surface area contributed by atoms with Crippen LogP contribution in [0.5, 0.6) is 0 Å². The van der Waals surface area contributed by atoms with Crippen LogP contribution >= 0.6 is 0 Å². The highest BCUT2D eigenvalue weighted by molar-refractivity contribution is 6.06. The number of hydrogen-bond acceptors (Lipinski definition) is 3. The smallest absolute Gasteiger partial charge is 0.350 e. The third-order valence-corrected chi connectivity index (χ3v) is 4.90. The fraction of sp³-hybridized carbons (Fsp3) is 0.0870. The summed E-state index contributed by atoms with van der Waals surface area (Å²) in [6.07, 6.45) is -0.475. The Morgan fingerprint density at radius 2 is 1.84 bits per heavy atom. The Balaban J connectivity index is 1.73. The van der Waals surface area contributed by atoms with Crippen molar-refractivity contribution >= 4 is 22.5 Å². The second-order valence-corrected chi connectivity index (χ2v) is 6.95. The molecule has 1 amide bonds. The molecule has 0 radical (unpaired) electrons. The number of pyridine rings is 2. The van der Waals surface area contributed by atoms with Crippen molar-refractivity contribution in [3.8, 4) is 11.1 Å². The van der Waals surface area contributed by atoms with E-state index in [1.54, 1.807) is 41.9 Å². The van der Waals surface area contributed by atoms with E-state index in [1.165, 1.54) is 36.8 Å². The Morgan fingerprint density at radius 1 is 1.06 bits per heavy atom. The van der Waals surface area contributed by atoms with Crippen LogP contribution in [0.25, 0.3) is 22.0 Å². The van der Waals surface area contributed by atoms with Crippen LogP contribution < -0.4 is 10.7 Å². The predicted octanol–water partition coefficient (Wildman–Crippen LogP) is 4.87. The molecular weight excluding hydrogens is 407 g/mol. The van der Waals surface area contributed by atoms with Crippen molar-refractivity contribution in [3.63, 3.8) is 0 Å². The van der Waals surface area contributed by atoms with E-state index in [4.69, 9.17) is 0 Å². The zero-order valence-electron chi connectivity index (χ0n) is 16.3. The van der Waals surface area contributed by atoms with Gasteiger partial charge in [0.2, 0.25) is 5.43 Å². The molecule has 2 aromatic heterocycles. The molecule has 0 saturated heterocycles. The number of aromatic nitrogens is 2. The first kappa shape index (κ1) is 20.3. The van der Waals surface area contributed by atoms with Crippen LogP contribution in [0, 0.1) is 0 Å². The minimum Gasteiger partial charge on any atom is -0.350 e. The summed E-state index contributed by atoms with van der Waals surface area (Å²) in [5, 5.41) is 2.76. The Morgan fingerprint density at radius 3 is 2.55 bits per heavy atom. The maximum absolute atomic E-state index is 13.7.